The molecule has 0 spiro atoms. The van der Waals surface area contributed by atoms with Crippen LogP contribution in [-0.4, -0.2) is 75.1 Å². The monoisotopic (exact) mass is 428 g/mol. The molecule has 0 saturated carbocycles. The molecule has 29 heavy (non-hydrogen) atoms. The molecular weight excluding hydrogens is 399 g/mol. The maximum atomic E-state index is 13.1. The van der Waals surface area contributed by atoms with Crippen molar-refractivity contribution in [1.29, 1.82) is 0 Å². The largest absolute Gasteiger partial charge is 0.376 e. The number of sulfonamides is 1. The Balaban J connectivity index is 1.54. The SMILES string of the molecule is CC(OCC1CCCCO1)C(=O)N1CCCN(S(=O)(=O)c2ccc(F)cc2)CC1. The van der Waals surface area contributed by atoms with Crippen LogP contribution in [0.3, 0.4) is 0 Å². The van der Waals surface area contributed by atoms with Gasteiger partial charge in [-0.2, -0.15) is 4.31 Å². The Morgan fingerprint density at radius 3 is 2.62 bits per heavy atom. The Labute approximate surface area is 171 Å². The number of carbonyl (C=O) groups excluding carboxylic acids is 1. The number of nitrogens with zero attached hydrogens (tertiary/aromatic N) is 2. The zero-order chi connectivity index (χ0) is 20.9. The van der Waals surface area contributed by atoms with Crippen molar-refractivity contribution in [3.63, 3.8) is 0 Å². The quantitative estimate of drug-likeness (QED) is 0.693. The van der Waals surface area contributed by atoms with Crippen molar-refractivity contribution in [3.8, 4) is 0 Å². The number of halogens is 1. The lowest BCUT2D eigenvalue weighted by Crippen LogP contribution is -2.42. The number of ether oxygens (including phenoxy) is 2. The van der Waals surface area contributed by atoms with Gasteiger partial charge < -0.3 is 14.4 Å². The number of hydrogen-bond acceptors (Lipinski definition) is 5. The van der Waals surface area contributed by atoms with Crippen LogP contribution >= 0.6 is 0 Å². The highest BCUT2D eigenvalue weighted by molar-refractivity contribution is 7.89. The third kappa shape index (κ3) is 5.75. The normalized spacial score (nSPS) is 22.8. The molecule has 0 bridgehead atoms. The minimum absolute atomic E-state index is 0.0412. The zero-order valence-electron chi connectivity index (χ0n) is 16.8. The maximum Gasteiger partial charge on any atom is 0.251 e. The van der Waals surface area contributed by atoms with E-state index >= 15 is 0 Å². The summed E-state index contributed by atoms with van der Waals surface area (Å²) in [4.78, 5) is 14.5. The molecule has 1 aromatic rings. The van der Waals surface area contributed by atoms with Crippen LogP contribution in [0.15, 0.2) is 29.2 Å². The van der Waals surface area contributed by atoms with Gasteiger partial charge in [0.15, 0.2) is 0 Å². The molecule has 9 heteroatoms. The average molecular weight is 429 g/mol. The van der Waals surface area contributed by atoms with Gasteiger partial charge in [-0.3, -0.25) is 4.79 Å². The summed E-state index contributed by atoms with van der Waals surface area (Å²) in [5, 5.41) is 0. The molecule has 2 saturated heterocycles. The molecule has 0 radical (unpaired) electrons. The van der Waals surface area contributed by atoms with Crippen LogP contribution in [0.4, 0.5) is 4.39 Å². The predicted molar refractivity (Wildman–Crippen MR) is 105 cm³/mol. The predicted octanol–water partition coefficient (Wildman–Crippen LogP) is 2.02. The first-order chi connectivity index (χ1) is 13.9. The van der Waals surface area contributed by atoms with Crippen LogP contribution in [0, 0.1) is 5.82 Å². The Bertz CT molecular complexity index is 781. The van der Waals surface area contributed by atoms with Crippen LogP contribution in [0.2, 0.25) is 0 Å². The summed E-state index contributed by atoms with van der Waals surface area (Å²) in [5.41, 5.74) is 0. The Kier molecular flexibility index (Phi) is 7.61. The highest BCUT2D eigenvalue weighted by atomic mass is 32.2. The van der Waals surface area contributed by atoms with Crippen LogP contribution < -0.4 is 0 Å². The zero-order valence-corrected chi connectivity index (χ0v) is 17.6. The lowest BCUT2D eigenvalue weighted by Gasteiger charge is -2.27. The molecule has 2 fully saturated rings. The van der Waals surface area contributed by atoms with Crippen molar-refractivity contribution < 1.29 is 27.1 Å². The molecule has 2 atom stereocenters. The molecule has 0 aromatic heterocycles. The minimum Gasteiger partial charge on any atom is -0.376 e. The van der Waals surface area contributed by atoms with E-state index in [4.69, 9.17) is 9.47 Å². The standard InChI is InChI=1S/C20H29FN2O5S/c1-16(28-15-18-5-2-3-14-27-18)20(24)22-10-4-11-23(13-12-22)29(25,26)19-8-6-17(21)7-9-19/h6-9,16,18H,2-5,10-15H2,1H3. The number of rotatable bonds is 6. The van der Waals surface area contributed by atoms with Gasteiger partial charge in [0.25, 0.3) is 5.91 Å². The highest BCUT2D eigenvalue weighted by Gasteiger charge is 2.30. The fourth-order valence-corrected chi connectivity index (χ4v) is 5.10. The first-order valence-electron chi connectivity index (χ1n) is 10.2. The third-order valence-corrected chi connectivity index (χ3v) is 7.28. The van der Waals surface area contributed by atoms with Gasteiger partial charge in [0.05, 0.1) is 17.6 Å². The number of hydrogen-bond donors (Lipinski definition) is 0. The van der Waals surface area contributed by atoms with Crippen molar-refractivity contribution in [2.75, 3.05) is 39.4 Å². The summed E-state index contributed by atoms with van der Waals surface area (Å²) in [6, 6.07) is 4.80. The van der Waals surface area contributed by atoms with E-state index in [1.165, 1.54) is 16.4 Å². The molecule has 2 aliphatic heterocycles. The Morgan fingerprint density at radius 2 is 1.93 bits per heavy atom. The fraction of sp³-hybridized carbons (Fsp3) is 0.650. The first-order valence-corrected chi connectivity index (χ1v) is 11.6. The van der Waals surface area contributed by atoms with Crippen molar-refractivity contribution in [1.82, 2.24) is 9.21 Å². The van der Waals surface area contributed by atoms with E-state index in [0.29, 0.717) is 32.7 Å². The molecule has 1 amide bonds. The van der Waals surface area contributed by atoms with Gasteiger partial charge in [0.1, 0.15) is 11.9 Å². The molecule has 162 valence electrons. The van der Waals surface area contributed by atoms with E-state index < -0.39 is 21.9 Å². The van der Waals surface area contributed by atoms with Crippen molar-refractivity contribution in [2.24, 2.45) is 0 Å². The van der Waals surface area contributed by atoms with E-state index in [-0.39, 0.29) is 23.5 Å². The molecule has 2 unspecified atom stereocenters. The lowest BCUT2D eigenvalue weighted by atomic mass is 10.1. The summed E-state index contributed by atoms with van der Waals surface area (Å²) in [6.07, 6.45) is 3.10. The molecule has 1 aromatic carbocycles. The van der Waals surface area contributed by atoms with E-state index in [1.807, 2.05) is 0 Å². The first kappa shape index (κ1) is 22.1. The Morgan fingerprint density at radius 1 is 1.17 bits per heavy atom. The summed E-state index contributed by atoms with van der Waals surface area (Å²) in [7, 11) is -3.72. The van der Waals surface area contributed by atoms with Gasteiger partial charge in [0.2, 0.25) is 10.0 Å². The highest BCUT2D eigenvalue weighted by Crippen LogP contribution is 2.19. The van der Waals surface area contributed by atoms with Crippen molar-refractivity contribution in [3.05, 3.63) is 30.1 Å². The van der Waals surface area contributed by atoms with Crippen LogP contribution in [-0.2, 0) is 24.3 Å². The molecule has 7 nitrogen and oxygen atoms in total. The van der Waals surface area contributed by atoms with Crippen molar-refractivity contribution in [2.45, 2.75) is 49.7 Å². The van der Waals surface area contributed by atoms with Crippen LogP contribution in [0.1, 0.15) is 32.6 Å². The molecule has 3 rings (SSSR count). The topological polar surface area (TPSA) is 76.2 Å². The van der Waals surface area contributed by atoms with Gasteiger partial charge >= 0.3 is 0 Å². The van der Waals surface area contributed by atoms with E-state index in [0.717, 1.165) is 38.0 Å². The summed E-state index contributed by atoms with van der Waals surface area (Å²) >= 11 is 0. The van der Waals surface area contributed by atoms with Crippen LogP contribution in [0.25, 0.3) is 0 Å². The van der Waals surface area contributed by atoms with Gasteiger partial charge in [-0.25, -0.2) is 12.8 Å². The molecule has 0 N–H and O–H groups in total. The maximum absolute atomic E-state index is 13.1. The molecular formula is C20H29FN2O5S. The molecule has 2 aliphatic rings. The second kappa shape index (κ2) is 9.97. The molecule has 0 aliphatic carbocycles. The smallest absolute Gasteiger partial charge is 0.251 e. The van der Waals surface area contributed by atoms with Gasteiger partial charge in [-0.1, -0.05) is 0 Å². The number of carbonyl (C=O) groups is 1. The van der Waals surface area contributed by atoms with Crippen molar-refractivity contribution >= 4 is 15.9 Å². The van der Waals surface area contributed by atoms with E-state index in [1.54, 1.807) is 11.8 Å². The van der Waals surface area contributed by atoms with Crippen LogP contribution in [0.5, 0.6) is 0 Å². The summed E-state index contributed by atoms with van der Waals surface area (Å²) < 4.78 is 51.4. The van der Waals surface area contributed by atoms with E-state index in [9.17, 15) is 17.6 Å². The summed E-state index contributed by atoms with van der Waals surface area (Å²) in [5.74, 6) is -0.619. The summed E-state index contributed by atoms with van der Waals surface area (Å²) in [6.45, 7) is 4.14. The average Bonchev–Trinajstić information content (AvgIpc) is 2.99. The Hall–Kier alpha value is -1.55. The van der Waals surface area contributed by atoms with E-state index in [2.05, 4.69) is 0 Å². The second-order valence-corrected chi connectivity index (χ2v) is 9.44. The second-order valence-electron chi connectivity index (χ2n) is 7.50. The third-order valence-electron chi connectivity index (χ3n) is 5.37. The lowest BCUT2D eigenvalue weighted by molar-refractivity contribution is -0.146. The number of benzene rings is 1. The number of amides is 1. The minimum atomic E-state index is -3.72. The van der Waals surface area contributed by atoms with Gasteiger partial charge in [-0.05, 0) is 56.9 Å². The van der Waals surface area contributed by atoms with Gasteiger partial charge in [0, 0.05) is 32.8 Å². The van der Waals surface area contributed by atoms with Gasteiger partial charge in [-0.15, -0.1) is 0 Å². The fourth-order valence-electron chi connectivity index (χ4n) is 3.63. The molecule has 2 heterocycles.